The zero-order chi connectivity index (χ0) is 22.5. The van der Waals surface area contributed by atoms with Crippen molar-refractivity contribution in [3.8, 4) is 17.0 Å². The number of anilines is 1. The SMILES string of the molecule is CCn1c(SCCC(=O)Nc2nc(-c3ccccc3OC)cs2)nc2ccccc2c1=O. The molecule has 0 saturated carbocycles. The van der Waals surface area contributed by atoms with Crippen LogP contribution in [-0.2, 0) is 11.3 Å². The van der Waals surface area contributed by atoms with Gasteiger partial charge in [0.05, 0.1) is 23.7 Å². The Labute approximate surface area is 193 Å². The molecule has 4 aromatic rings. The number of hydrogen-bond donors (Lipinski definition) is 1. The second-order valence-electron chi connectivity index (χ2n) is 6.85. The molecule has 0 aliphatic heterocycles. The molecular formula is C23H22N4O3S2. The van der Waals surface area contributed by atoms with E-state index in [1.165, 1.54) is 23.1 Å². The van der Waals surface area contributed by atoms with Crippen LogP contribution in [0.3, 0.4) is 0 Å². The zero-order valence-electron chi connectivity index (χ0n) is 17.7. The number of thioether (sulfide) groups is 1. The fourth-order valence-electron chi connectivity index (χ4n) is 3.26. The quantitative estimate of drug-likeness (QED) is 0.300. The molecular weight excluding hydrogens is 444 g/mol. The third-order valence-corrected chi connectivity index (χ3v) is 6.57. The van der Waals surface area contributed by atoms with E-state index in [-0.39, 0.29) is 17.9 Å². The van der Waals surface area contributed by atoms with E-state index in [1.807, 2.05) is 54.8 Å². The van der Waals surface area contributed by atoms with Crippen LogP contribution in [0.15, 0.2) is 63.9 Å². The first-order chi connectivity index (χ1) is 15.6. The first kappa shape index (κ1) is 22.0. The van der Waals surface area contributed by atoms with Crippen LogP contribution in [-0.4, -0.2) is 33.3 Å². The monoisotopic (exact) mass is 466 g/mol. The molecule has 0 aliphatic carbocycles. The maximum atomic E-state index is 12.7. The number of methoxy groups -OCH3 is 1. The first-order valence-electron chi connectivity index (χ1n) is 10.1. The number of nitrogens with zero attached hydrogens (tertiary/aromatic N) is 3. The number of amides is 1. The second-order valence-corrected chi connectivity index (χ2v) is 8.77. The van der Waals surface area contributed by atoms with Crippen LogP contribution < -0.4 is 15.6 Å². The lowest BCUT2D eigenvalue weighted by Gasteiger charge is -2.11. The zero-order valence-corrected chi connectivity index (χ0v) is 19.3. The molecule has 1 amide bonds. The number of hydrogen-bond acceptors (Lipinski definition) is 7. The van der Waals surface area contributed by atoms with E-state index in [1.54, 1.807) is 17.7 Å². The second kappa shape index (κ2) is 9.97. The van der Waals surface area contributed by atoms with Gasteiger partial charge in [0.2, 0.25) is 5.91 Å². The van der Waals surface area contributed by atoms with E-state index >= 15 is 0 Å². The van der Waals surface area contributed by atoms with Crippen molar-refractivity contribution in [2.75, 3.05) is 18.2 Å². The van der Waals surface area contributed by atoms with E-state index in [2.05, 4.69) is 15.3 Å². The smallest absolute Gasteiger partial charge is 0.262 e. The summed E-state index contributed by atoms with van der Waals surface area (Å²) in [6, 6.07) is 14.9. The third kappa shape index (κ3) is 4.68. The summed E-state index contributed by atoms with van der Waals surface area (Å²) in [5.74, 6) is 1.10. The van der Waals surface area contributed by atoms with Gasteiger partial charge in [-0.25, -0.2) is 9.97 Å². The minimum absolute atomic E-state index is 0.0586. The van der Waals surface area contributed by atoms with Gasteiger partial charge in [-0.2, -0.15) is 0 Å². The number of carbonyl (C=O) groups is 1. The lowest BCUT2D eigenvalue weighted by Crippen LogP contribution is -2.22. The van der Waals surface area contributed by atoms with Crippen molar-refractivity contribution in [2.45, 2.75) is 25.0 Å². The standard InChI is InChI=1S/C23H22N4O3S2/c1-3-27-21(29)16-9-4-6-10-17(16)25-23(27)31-13-12-20(28)26-22-24-18(14-32-22)15-8-5-7-11-19(15)30-2/h4-11,14H,3,12-13H2,1-2H3,(H,24,26,28). The highest BCUT2D eigenvalue weighted by molar-refractivity contribution is 7.99. The van der Waals surface area contributed by atoms with Crippen LogP contribution in [0.25, 0.3) is 22.2 Å². The van der Waals surface area contributed by atoms with Crippen LogP contribution in [0.5, 0.6) is 5.75 Å². The summed E-state index contributed by atoms with van der Waals surface area (Å²) < 4.78 is 7.03. The molecule has 4 rings (SSSR count). The van der Waals surface area contributed by atoms with Crippen molar-refractivity contribution < 1.29 is 9.53 Å². The summed E-state index contributed by atoms with van der Waals surface area (Å²) in [5, 5.41) is 6.50. The fourth-order valence-corrected chi connectivity index (χ4v) is 4.99. The van der Waals surface area contributed by atoms with Gasteiger partial charge >= 0.3 is 0 Å². The summed E-state index contributed by atoms with van der Waals surface area (Å²) >= 11 is 2.77. The molecule has 7 nitrogen and oxygen atoms in total. The van der Waals surface area contributed by atoms with E-state index in [0.717, 1.165) is 17.0 Å². The molecule has 9 heteroatoms. The van der Waals surface area contributed by atoms with Gasteiger partial charge in [0.25, 0.3) is 5.56 Å². The van der Waals surface area contributed by atoms with Gasteiger partial charge in [0, 0.05) is 29.7 Å². The topological polar surface area (TPSA) is 86.1 Å². The highest BCUT2D eigenvalue weighted by Gasteiger charge is 2.13. The number of nitrogens with one attached hydrogen (secondary N) is 1. The predicted octanol–water partition coefficient (Wildman–Crippen LogP) is 4.67. The lowest BCUT2D eigenvalue weighted by atomic mass is 10.1. The van der Waals surface area contributed by atoms with Crippen LogP contribution in [0, 0.1) is 0 Å². The Balaban J connectivity index is 1.39. The Morgan fingerprint density at radius 1 is 1.16 bits per heavy atom. The molecule has 32 heavy (non-hydrogen) atoms. The largest absolute Gasteiger partial charge is 0.496 e. The Morgan fingerprint density at radius 2 is 1.94 bits per heavy atom. The Hall–Kier alpha value is -3.17. The number of rotatable bonds is 8. The highest BCUT2D eigenvalue weighted by atomic mass is 32.2. The van der Waals surface area contributed by atoms with Crippen molar-refractivity contribution in [3.63, 3.8) is 0 Å². The van der Waals surface area contributed by atoms with Crippen LogP contribution in [0.2, 0.25) is 0 Å². The molecule has 0 saturated heterocycles. The van der Waals surface area contributed by atoms with Crippen LogP contribution in [0.1, 0.15) is 13.3 Å². The number of benzene rings is 2. The Morgan fingerprint density at radius 3 is 2.75 bits per heavy atom. The van der Waals surface area contributed by atoms with Gasteiger partial charge in [-0.05, 0) is 31.2 Å². The van der Waals surface area contributed by atoms with E-state index in [4.69, 9.17) is 4.74 Å². The van der Waals surface area contributed by atoms with Crippen molar-refractivity contribution in [1.29, 1.82) is 0 Å². The van der Waals surface area contributed by atoms with Crippen molar-refractivity contribution >= 4 is 45.0 Å². The van der Waals surface area contributed by atoms with Crippen molar-refractivity contribution in [1.82, 2.24) is 14.5 Å². The highest BCUT2D eigenvalue weighted by Crippen LogP contribution is 2.32. The molecule has 0 unspecified atom stereocenters. The minimum Gasteiger partial charge on any atom is -0.496 e. The van der Waals surface area contributed by atoms with Gasteiger partial charge < -0.3 is 10.1 Å². The Bertz CT molecular complexity index is 1320. The molecule has 164 valence electrons. The minimum atomic E-state index is -0.135. The van der Waals surface area contributed by atoms with Crippen LogP contribution in [0.4, 0.5) is 5.13 Å². The number of fused-ring (bicyclic) bond motifs is 1. The molecule has 0 fully saturated rings. The van der Waals surface area contributed by atoms with E-state index in [9.17, 15) is 9.59 Å². The van der Waals surface area contributed by atoms with E-state index < -0.39 is 0 Å². The number of thiazole rings is 1. The van der Waals surface area contributed by atoms with Gasteiger partial charge in [0.1, 0.15) is 5.75 Å². The number of para-hydroxylation sites is 2. The molecule has 0 atom stereocenters. The average molecular weight is 467 g/mol. The molecule has 2 aromatic heterocycles. The number of carbonyl (C=O) groups excluding carboxylic acids is 1. The fraction of sp³-hybridized carbons (Fsp3) is 0.217. The molecule has 0 aliphatic rings. The Kier molecular flexibility index (Phi) is 6.87. The van der Waals surface area contributed by atoms with E-state index in [0.29, 0.717) is 33.5 Å². The number of ether oxygens (including phenoxy) is 1. The normalized spacial score (nSPS) is 10.9. The molecule has 2 heterocycles. The number of aromatic nitrogens is 3. The third-order valence-electron chi connectivity index (χ3n) is 4.84. The van der Waals surface area contributed by atoms with Gasteiger partial charge in [-0.15, -0.1) is 11.3 Å². The van der Waals surface area contributed by atoms with Gasteiger partial charge in [-0.3, -0.25) is 14.2 Å². The van der Waals surface area contributed by atoms with Crippen molar-refractivity contribution in [2.24, 2.45) is 0 Å². The predicted molar refractivity (Wildman–Crippen MR) is 130 cm³/mol. The summed E-state index contributed by atoms with van der Waals surface area (Å²) in [7, 11) is 1.62. The maximum absolute atomic E-state index is 12.7. The summed E-state index contributed by atoms with van der Waals surface area (Å²) in [5.41, 5.74) is 2.24. The summed E-state index contributed by atoms with van der Waals surface area (Å²) in [6.07, 6.45) is 0.278. The molecule has 0 bridgehead atoms. The van der Waals surface area contributed by atoms with Gasteiger partial charge in [0.15, 0.2) is 10.3 Å². The maximum Gasteiger partial charge on any atom is 0.262 e. The first-order valence-corrected chi connectivity index (χ1v) is 12.0. The van der Waals surface area contributed by atoms with Crippen LogP contribution >= 0.6 is 23.1 Å². The average Bonchev–Trinajstić information content (AvgIpc) is 3.27. The molecule has 1 N–H and O–H groups in total. The van der Waals surface area contributed by atoms with Gasteiger partial charge in [-0.1, -0.05) is 36.0 Å². The van der Waals surface area contributed by atoms with Crippen molar-refractivity contribution in [3.05, 3.63) is 64.3 Å². The summed E-state index contributed by atoms with van der Waals surface area (Å²) in [4.78, 5) is 34.3. The lowest BCUT2D eigenvalue weighted by molar-refractivity contribution is -0.115. The molecule has 2 aromatic carbocycles. The molecule has 0 radical (unpaired) electrons. The summed E-state index contributed by atoms with van der Waals surface area (Å²) in [6.45, 7) is 2.44. The molecule has 0 spiro atoms.